The van der Waals surface area contributed by atoms with E-state index in [1.165, 1.54) is 11.2 Å². The van der Waals surface area contributed by atoms with Crippen LogP contribution in [0.4, 0.5) is 5.13 Å². The third-order valence-electron chi connectivity index (χ3n) is 2.91. The van der Waals surface area contributed by atoms with Crippen molar-refractivity contribution in [2.75, 3.05) is 18.4 Å². The maximum Gasteiger partial charge on any atom is 0.272 e. The molecule has 2 heterocycles. The van der Waals surface area contributed by atoms with Crippen LogP contribution in [-0.2, 0) is 14.8 Å². The molecule has 0 bridgehead atoms. The van der Waals surface area contributed by atoms with Gasteiger partial charge in [0.15, 0.2) is 0 Å². The van der Waals surface area contributed by atoms with Gasteiger partial charge in [-0.2, -0.15) is 4.31 Å². The van der Waals surface area contributed by atoms with E-state index < -0.39 is 10.0 Å². The highest BCUT2D eigenvalue weighted by molar-refractivity contribution is 7.91. The molecule has 3 N–H and O–H groups in total. The zero-order chi connectivity index (χ0) is 14.9. The van der Waals surface area contributed by atoms with Gasteiger partial charge in [-0.25, -0.2) is 8.42 Å². The smallest absolute Gasteiger partial charge is 0.272 e. The Morgan fingerprint density at radius 1 is 1.45 bits per heavy atom. The fourth-order valence-electron chi connectivity index (χ4n) is 2.17. The summed E-state index contributed by atoms with van der Waals surface area (Å²) in [7, 11) is -3.70. The van der Waals surface area contributed by atoms with Crippen LogP contribution >= 0.6 is 11.3 Å². The van der Waals surface area contributed by atoms with E-state index in [-0.39, 0.29) is 33.9 Å². The van der Waals surface area contributed by atoms with Crippen molar-refractivity contribution in [3.63, 3.8) is 0 Å². The van der Waals surface area contributed by atoms with Crippen LogP contribution < -0.4 is 11.1 Å². The third-order valence-corrected chi connectivity index (χ3v) is 5.92. The fourth-order valence-corrected chi connectivity index (χ4v) is 4.87. The molecule has 0 radical (unpaired) electrons. The second-order valence-electron chi connectivity index (χ2n) is 4.98. The molecule has 1 aliphatic rings. The maximum atomic E-state index is 12.4. The Morgan fingerprint density at radius 3 is 2.75 bits per heavy atom. The standard InChI is InChI=1S/C10H17N5O3S2/c1-6-3-8(11)5-15(4-6)20(17,18)10-14-13-9(19-10)12-7(2)16/h6,8H,3-5,11H2,1-2H3,(H,12,13,16). The number of hydrogen-bond donors (Lipinski definition) is 2. The number of aromatic nitrogens is 2. The Balaban J connectivity index is 2.21. The van der Waals surface area contributed by atoms with Gasteiger partial charge in [-0.3, -0.25) is 4.79 Å². The quantitative estimate of drug-likeness (QED) is 0.748. The van der Waals surface area contributed by atoms with Gasteiger partial charge in [0.2, 0.25) is 15.4 Å². The minimum atomic E-state index is -3.70. The molecule has 8 nitrogen and oxygen atoms in total. The van der Waals surface area contributed by atoms with Crippen LogP contribution in [-0.4, -0.2) is 48.0 Å². The van der Waals surface area contributed by atoms with Crippen molar-refractivity contribution in [2.45, 2.75) is 30.6 Å². The average Bonchev–Trinajstić information content (AvgIpc) is 2.75. The van der Waals surface area contributed by atoms with Crippen molar-refractivity contribution >= 4 is 32.4 Å². The summed E-state index contributed by atoms with van der Waals surface area (Å²) in [6.45, 7) is 3.98. The summed E-state index contributed by atoms with van der Waals surface area (Å²) < 4.78 is 26.1. The molecule has 0 aromatic carbocycles. The van der Waals surface area contributed by atoms with Gasteiger partial charge in [-0.05, 0) is 12.3 Å². The minimum Gasteiger partial charge on any atom is -0.326 e. The van der Waals surface area contributed by atoms with E-state index in [0.717, 1.165) is 17.8 Å². The summed E-state index contributed by atoms with van der Waals surface area (Å²) in [5.74, 6) is -0.116. The predicted octanol–water partition coefficient (Wildman–Crippen LogP) is -0.146. The van der Waals surface area contributed by atoms with Crippen LogP contribution in [0.15, 0.2) is 4.34 Å². The number of nitrogens with one attached hydrogen (secondary N) is 1. The van der Waals surface area contributed by atoms with Crippen LogP contribution in [0.25, 0.3) is 0 Å². The van der Waals surface area contributed by atoms with E-state index >= 15 is 0 Å². The molecule has 0 saturated carbocycles. The van der Waals surface area contributed by atoms with Gasteiger partial charge in [0.1, 0.15) is 0 Å². The first kappa shape index (κ1) is 15.3. The fraction of sp³-hybridized carbons (Fsp3) is 0.700. The number of piperidine rings is 1. The van der Waals surface area contributed by atoms with Gasteiger partial charge in [-0.1, -0.05) is 18.3 Å². The lowest BCUT2D eigenvalue weighted by Crippen LogP contribution is -2.48. The van der Waals surface area contributed by atoms with Crippen molar-refractivity contribution in [1.82, 2.24) is 14.5 Å². The number of rotatable bonds is 3. The number of carbonyl (C=O) groups is 1. The molecule has 1 fully saturated rings. The molecule has 0 aliphatic carbocycles. The lowest BCUT2D eigenvalue weighted by atomic mass is 9.99. The number of sulfonamides is 1. The Hall–Kier alpha value is -1.10. The zero-order valence-corrected chi connectivity index (χ0v) is 12.9. The van der Waals surface area contributed by atoms with E-state index in [1.54, 1.807) is 0 Å². The van der Waals surface area contributed by atoms with E-state index in [9.17, 15) is 13.2 Å². The molecule has 10 heteroatoms. The molecule has 1 aromatic heterocycles. The summed E-state index contributed by atoms with van der Waals surface area (Å²) >= 11 is 0.840. The van der Waals surface area contributed by atoms with Crippen molar-refractivity contribution < 1.29 is 13.2 Å². The molecular weight excluding hydrogens is 302 g/mol. The number of anilines is 1. The van der Waals surface area contributed by atoms with Gasteiger partial charge < -0.3 is 11.1 Å². The number of nitrogens with zero attached hydrogens (tertiary/aromatic N) is 3. The molecule has 0 spiro atoms. The molecule has 112 valence electrons. The molecule has 1 aliphatic heterocycles. The van der Waals surface area contributed by atoms with Crippen molar-refractivity contribution in [2.24, 2.45) is 11.7 Å². The van der Waals surface area contributed by atoms with Crippen LogP contribution in [0.5, 0.6) is 0 Å². The third kappa shape index (κ3) is 3.32. The monoisotopic (exact) mass is 319 g/mol. The molecule has 1 aromatic rings. The second-order valence-corrected chi connectivity index (χ2v) is 8.07. The molecule has 1 amide bonds. The first-order valence-corrected chi connectivity index (χ1v) is 8.41. The van der Waals surface area contributed by atoms with Crippen LogP contribution in [0.2, 0.25) is 0 Å². The largest absolute Gasteiger partial charge is 0.326 e. The van der Waals surface area contributed by atoms with E-state index in [2.05, 4.69) is 15.5 Å². The Kier molecular flexibility index (Phi) is 4.37. The zero-order valence-electron chi connectivity index (χ0n) is 11.2. The van der Waals surface area contributed by atoms with Crippen molar-refractivity contribution in [1.29, 1.82) is 0 Å². The maximum absolute atomic E-state index is 12.4. The average molecular weight is 319 g/mol. The summed E-state index contributed by atoms with van der Waals surface area (Å²) in [6.07, 6.45) is 0.805. The Labute approximate surface area is 121 Å². The SMILES string of the molecule is CC(=O)Nc1nnc(S(=O)(=O)N2CC(C)CC(N)C2)s1. The Morgan fingerprint density at radius 2 is 2.15 bits per heavy atom. The number of carbonyl (C=O) groups excluding carboxylic acids is 1. The second kappa shape index (κ2) is 5.72. The first-order valence-electron chi connectivity index (χ1n) is 6.16. The molecule has 2 rings (SSSR count). The predicted molar refractivity (Wildman–Crippen MR) is 74.7 cm³/mol. The summed E-state index contributed by atoms with van der Waals surface area (Å²) in [5.41, 5.74) is 5.87. The lowest BCUT2D eigenvalue weighted by Gasteiger charge is -2.32. The lowest BCUT2D eigenvalue weighted by molar-refractivity contribution is -0.114. The van der Waals surface area contributed by atoms with Crippen LogP contribution in [0.1, 0.15) is 20.3 Å². The molecular formula is C10H17N5O3S2. The molecule has 1 saturated heterocycles. The highest BCUT2D eigenvalue weighted by Gasteiger charge is 2.34. The topological polar surface area (TPSA) is 118 Å². The first-order chi connectivity index (χ1) is 9.29. The van der Waals surface area contributed by atoms with Crippen molar-refractivity contribution in [3.05, 3.63) is 0 Å². The molecule has 20 heavy (non-hydrogen) atoms. The van der Waals surface area contributed by atoms with E-state index in [4.69, 9.17) is 5.73 Å². The summed E-state index contributed by atoms with van der Waals surface area (Å²) in [4.78, 5) is 10.9. The number of amides is 1. The van der Waals surface area contributed by atoms with Crippen LogP contribution in [0, 0.1) is 5.92 Å². The molecule has 2 unspecified atom stereocenters. The van der Waals surface area contributed by atoms with Gasteiger partial charge in [0.05, 0.1) is 0 Å². The number of nitrogens with two attached hydrogens (primary N) is 1. The minimum absolute atomic E-state index is 0.123. The highest BCUT2D eigenvalue weighted by Crippen LogP contribution is 2.26. The van der Waals surface area contributed by atoms with Crippen molar-refractivity contribution in [3.8, 4) is 0 Å². The Bertz CT molecular complexity index is 590. The van der Waals surface area contributed by atoms with E-state index in [0.29, 0.717) is 6.54 Å². The highest BCUT2D eigenvalue weighted by atomic mass is 32.2. The summed E-state index contributed by atoms with van der Waals surface area (Å²) in [6, 6.07) is -0.170. The van der Waals surface area contributed by atoms with Gasteiger partial charge >= 0.3 is 0 Å². The van der Waals surface area contributed by atoms with Gasteiger partial charge in [-0.15, -0.1) is 10.2 Å². The normalized spacial score (nSPS) is 24.6. The molecule has 2 atom stereocenters. The summed E-state index contributed by atoms with van der Waals surface area (Å²) in [5, 5.41) is 9.89. The number of hydrogen-bond acceptors (Lipinski definition) is 7. The van der Waals surface area contributed by atoms with Crippen LogP contribution in [0.3, 0.4) is 0 Å². The van der Waals surface area contributed by atoms with E-state index in [1.807, 2.05) is 6.92 Å². The van der Waals surface area contributed by atoms with Gasteiger partial charge in [0, 0.05) is 26.1 Å². The van der Waals surface area contributed by atoms with Gasteiger partial charge in [0.25, 0.3) is 10.0 Å².